The topological polar surface area (TPSA) is 83.6 Å². The van der Waals surface area contributed by atoms with E-state index in [0.717, 1.165) is 29.0 Å². The molecule has 0 spiro atoms. The summed E-state index contributed by atoms with van der Waals surface area (Å²) in [6, 6.07) is 15.6. The zero-order valence-electron chi connectivity index (χ0n) is 16.8. The molecule has 1 unspecified atom stereocenters. The summed E-state index contributed by atoms with van der Waals surface area (Å²) in [6.45, 7) is 0.636. The van der Waals surface area contributed by atoms with Gasteiger partial charge in [-0.15, -0.1) is 12.4 Å². The van der Waals surface area contributed by atoms with Crippen LogP contribution in [0.2, 0.25) is 0 Å². The number of hydrogen-bond donors (Lipinski definition) is 2. The highest BCUT2D eigenvalue weighted by molar-refractivity contribution is 5.85. The van der Waals surface area contributed by atoms with Crippen molar-refractivity contribution >= 4 is 12.4 Å². The zero-order chi connectivity index (χ0) is 20.1. The number of hydrogen-bond acceptors (Lipinski definition) is 6. The number of aromatic nitrogens is 3. The summed E-state index contributed by atoms with van der Waals surface area (Å²) in [7, 11) is 5.67. The Bertz CT molecular complexity index is 913. The molecule has 1 atom stereocenters. The van der Waals surface area contributed by atoms with Crippen molar-refractivity contribution in [2.24, 2.45) is 0 Å². The van der Waals surface area contributed by atoms with E-state index in [2.05, 4.69) is 22.1 Å². The molecule has 1 heterocycles. The number of methoxy groups -OCH3 is 1. The van der Waals surface area contributed by atoms with Crippen molar-refractivity contribution < 1.29 is 14.9 Å². The summed E-state index contributed by atoms with van der Waals surface area (Å²) in [4.78, 5) is 6.82. The first kappa shape index (κ1) is 22.8. The van der Waals surface area contributed by atoms with Crippen LogP contribution in [0.3, 0.4) is 0 Å². The first-order chi connectivity index (χ1) is 13.5. The molecule has 0 saturated heterocycles. The predicted molar refractivity (Wildman–Crippen MR) is 115 cm³/mol. The highest BCUT2D eigenvalue weighted by Gasteiger charge is 2.16. The number of aliphatic hydroxyl groups is 2. The van der Waals surface area contributed by atoms with E-state index in [-0.39, 0.29) is 25.6 Å². The van der Waals surface area contributed by atoms with Gasteiger partial charge in [-0.2, -0.15) is 5.10 Å². The van der Waals surface area contributed by atoms with Gasteiger partial charge < -0.3 is 19.8 Å². The van der Waals surface area contributed by atoms with Crippen molar-refractivity contribution in [3.05, 3.63) is 54.1 Å². The first-order valence-corrected chi connectivity index (χ1v) is 9.12. The normalized spacial score (nSPS) is 11.9. The zero-order valence-corrected chi connectivity index (χ0v) is 17.6. The lowest BCUT2D eigenvalue weighted by Gasteiger charge is -2.12. The molecule has 0 aliphatic heterocycles. The molecule has 0 saturated carbocycles. The molecular weight excluding hydrogens is 392 g/mol. The molecule has 7 nitrogen and oxygen atoms in total. The van der Waals surface area contributed by atoms with E-state index in [4.69, 9.17) is 9.72 Å². The Hall–Kier alpha value is -2.45. The van der Waals surface area contributed by atoms with Crippen molar-refractivity contribution in [2.75, 3.05) is 27.8 Å². The van der Waals surface area contributed by atoms with E-state index in [0.29, 0.717) is 11.6 Å². The van der Waals surface area contributed by atoms with Crippen LogP contribution in [-0.4, -0.2) is 63.8 Å². The van der Waals surface area contributed by atoms with E-state index in [9.17, 15) is 10.2 Å². The van der Waals surface area contributed by atoms with E-state index in [1.54, 1.807) is 11.8 Å². The van der Waals surface area contributed by atoms with Crippen molar-refractivity contribution in [1.82, 2.24) is 19.7 Å². The van der Waals surface area contributed by atoms with Crippen LogP contribution in [0.1, 0.15) is 5.56 Å². The fourth-order valence-electron chi connectivity index (χ4n) is 2.98. The van der Waals surface area contributed by atoms with Gasteiger partial charge in [-0.3, -0.25) is 0 Å². The number of benzene rings is 2. The summed E-state index contributed by atoms with van der Waals surface area (Å²) >= 11 is 0. The Labute approximate surface area is 177 Å². The Morgan fingerprint density at radius 2 is 1.83 bits per heavy atom. The van der Waals surface area contributed by atoms with Gasteiger partial charge in [0.1, 0.15) is 5.75 Å². The average Bonchev–Trinajstić information content (AvgIpc) is 3.11. The third-order valence-corrected chi connectivity index (χ3v) is 4.30. The van der Waals surface area contributed by atoms with Crippen LogP contribution in [0.5, 0.6) is 5.75 Å². The summed E-state index contributed by atoms with van der Waals surface area (Å²) < 4.78 is 6.85. The molecule has 2 aromatic carbocycles. The number of halogens is 1. The molecule has 29 heavy (non-hydrogen) atoms. The molecule has 0 bridgehead atoms. The predicted octanol–water partition coefficient (Wildman–Crippen LogP) is 2.46. The molecule has 0 radical (unpaired) electrons. The Balaban J connectivity index is 0.00000300. The largest absolute Gasteiger partial charge is 0.497 e. The monoisotopic (exact) mass is 418 g/mol. The van der Waals surface area contributed by atoms with Crippen LogP contribution < -0.4 is 4.74 Å². The Morgan fingerprint density at radius 3 is 2.45 bits per heavy atom. The molecule has 3 rings (SSSR count). The summed E-state index contributed by atoms with van der Waals surface area (Å²) in [5.41, 5.74) is 2.92. The minimum Gasteiger partial charge on any atom is -0.497 e. The molecule has 0 amide bonds. The van der Waals surface area contributed by atoms with E-state index < -0.39 is 6.10 Å². The van der Waals surface area contributed by atoms with Gasteiger partial charge in [-0.1, -0.05) is 18.2 Å². The standard InChI is InChI=1S/C21H26N4O3.ClH/c1-24(2)12-15-5-4-6-17(11-15)21-22-20(23-25(21)13-18(27)14-26)16-7-9-19(28-3)10-8-16;/h4-11,18,26-27H,12-14H2,1-3H3;1H. The van der Waals surface area contributed by atoms with Crippen LogP contribution >= 0.6 is 12.4 Å². The summed E-state index contributed by atoms with van der Waals surface area (Å²) in [5.74, 6) is 1.97. The van der Waals surface area contributed by atoms with Crippen molar-refractivity contribution in [1.29, 1.82) is 0 Å². The van der Waals surface area contributed by atoms with Crippen LogP contribution in [-0.2, 0) is 13.1 Å². The lowest BCUT2D eigenvalue weighted by molar-refractivity contribution is 0.0786. The van der Waals surface area contributed by atoms with E-state index >= 15 is 0 Å². The first-order valence-electron chi connectivity index (χ1n) is 9.12. The van der Waals surface area contributed by atoms with Gasteiger partial charge in [0.25, 0.3) is 0 Å². The van der Waals surface area contributed by atoms with Crippen molar-refractivity contribution in [2.45, 2.75) is 19.2 Å². The molecule has 156 valence electrons. The minimum atomic E-state index is -0.908. The molecule has 0 fully saturated rings. The lowest BCUT2D eigenvalue weighted by Crippen LogP contribution is -2.21. The van der Waals surface area contributed by atoms with Gasteiger partial charge >= 0.3 is 0 Å². The highest BCUT2D eigenvalue weighted by atomic mass is 35.5. The number of rotatable bonds is 8. The summed E-state index contributed by atoms with van der Waals surface area (Å²) in [6.07, 6.45) is -0.908. The Morgan fingerprint density at radius 1 is 1.10 bits per heavy atom. The van der Waals surface area contributed by atoms with Crippen molar-refractivity contribution in [3.8, 4) is 28.5 Å². The SMILES string of the molecule is COc1ccc(-c2nc(-c3cccc(CN(C)C)c3)n(CC(O)CO)n2)cc1.Cl. The maximum absolute atomic E-state index is 9.94. The number of nitrogens with zero attached hydrogens (tertiary/aromatic N) is 4. The second kappa shape index (κ2) is 10.4. The fraction of sp³-hybridized carbons (Fsp3) is 0.333. The fourth-order valence-corrected chi connectivity index (χ4v) is 2.98. The minimum absolute atomic E-state index is 0. The number of aliphatic hydroxyl groups excluding tert-OH is 2. The van der Waals surface area contributed by atoms with Gasteiger partial charge in [-0.05, 0) is 50.0 Å². The molecule has 0 aliphatic rings. The maximum Gasteiger partial charge on any atom is 0.181 e. The smallest absolute Gasteiger partial charge is 0.181 e. The molecule has 0 aliphatic carbocycles. The van der Waals surface area contributed by atoms with Crippen LogP contribution in [0.25, 0.3) is 22.8 Å². The third kappa shape index (κ3) is 5.77. The highest BCUT2D eigenvalue weighted by Crippen LogP contribution is 2.25. The Kier molecular flexibility index (Phi) is 8.16. The number of ether oxygens (including phenoxy) is 1. The second-order valence-corrected chi connectivity index (χ2v) is 6.94. The van der Waals surface area contributed by atoms with Gasteiger partial charge in [0, 0.05) is 17.7 Å². The second-order valence-electron chi connectivity index (χ2n) is 6.94. The van der Waals surface area contributed by atoms with Gasteiger partial charge in [0.15, 0.2) is 11.6 Å². The average molecular weight is 419 g/mol. The van der Waals surface area contributed by atoms with E-state index in [1.807, 2.05) is 50.5 Å². The molecule has 2 N–H and O–H groups in total. The van der Waals surface area contributed by atoms with Crippen LogP contribution in [0.15, 0.2) is 48.5 Å². The summed E-state index contributed by atoms with van der Waals surface area (Å²) in [5, 5.41) is 23.8. The third-order valence-electron chi connectivity index (χ3n) is 4.30. The molecule has 1 aromatic heterocycles. The van der Waals surface area contributed by atoms with Crippen LogP contribution in [0.4, 0.5) is 0 Å². The van der Waals surface area contributed by atoms with Crippen molar-refractivity contribution in [3.63, 3.8) is 0 Å². The van der Waals surface area contributed by atoms with Gasteiger partial charge in [0.05, 0.1) is 26.4 Å². The molecule has 8 heteroatoms. The van der Waals surface area contributed by atoms with Gasteiger partial charge in [0.2, 0.25) is 0 Å². The van der Waals surface area contributed by atoms with Gasteiger partial charge in [-0.25, -0.2) is 9.67 Å². The lowest BCUT2D eigenvalue weighted by atomic mass is 10.1. The van der Waals surface area contributed by atoms with Crippen LogP contribution in [0, 0.1) is 0 Å². The molecule has 3 aromatic rings. The molecular formula is C21H27ClN4O3. The van der Waals surface area contributed by atoms with E-state index in [1.165, 1.54) is 0 Å². The quantitative estimate of drug-likeness (QED) is 0.584. The maximum atomic E-state index is 9.94.